The third kappa shape index (κ3) is 3.02. The van der Waals surface area contributed by atoms with E-state index < -0.39 is 0 Å². The lowest BCUT2D eigenvalue weighted by Crippen LogP contribution is -2.25. The maximum atomic E-state index is 14.1. The van der Waals surface area contributed by atoms with Gasteiger partial charge in [0.1, 0.15) is 5.82 Å². The minimum Gasteiger partial charge on any atom is -0.369 e. The molecule has 2 N–H and O–H groups in total. The Morgan fingerprint density at radius 2 is 2.11 bits per heavy atom. The van der Waals surface area contributed by atoms with Gasteiger partial charge in [0.15, 0.2) is 0 Å². The Balaban J connectivity index is 2.17. The van der Waals surface area contributed by atoms with E-state index >= 15 is 0 Å². The summed E-state index contributed by atoms with van der Waals surface area (Å²) in [6, 6.07) is 5.29. The summed E-state index contributed by atoms with van der Waals surface area (Å²) in [7, 11) is 0. The second-order valence-electron chi connectivity index (χ2n) is 5.52. The van der Waals surface area contributed by atoms with Crippen LogP contribution in [0.2, 0.25) is 0 Å². The fourth-order valence-corrected chi connectivity index (χ4v) is 2.57. The highest BCUT2D eigenvalue weighted by molar-refractivity contribution is 5.49. The standard InChI is InChI=1S/C15H23FN2/c1-11-4-3-8-18(9-7-11)15-6-5-13(12(2)17)10-14(15)16/h5-6,10-12H,3-4,7-9,17H2,1-2H3/t11?,12-/m0/s1. The lowest BCUT2D eigenvalue weighted by molar-refractivity contribution is 0.520. The molecule has 100 valence electrons. The zero-order chi connectivity index (χ0) is 13.1. The van der Waals surface area contributed by atoms with Gasteiger partial charge in [0.05, 0.1) is 5.69 Å². The van der Waals surface area contributed by atoms with E-state index in [1.807, 2.05) is 19.1 Å². The molecule has 0 aromatic heterocycles. The molecule has 1 aromatic rings. The Labute approximate surface area is 109 Å². The molecule has 0 spiro atoms. The highest BCUT2D eigenvalue weighted by atomic mass is 19.1. The van der Waals surface area contributed by atoms with Gasteiger partial charge in [-0.15, -0.1) is 0 Å². The molecule has 1 heterocycles. The van der Waals surface area contributed by atoms with Crippen LogP contribution in [0.15, 0.2) is 18.2 Å². The van der Waals surface area contributed by atoms with Crippen LogP contribution in [-0.4, -0.2) is 13.1 Å². The van der Waals surface area contributed by atoms with E-state index in [9.17, 15) is 4.39 Å². The smallest absolute Gasteiger partial charge is 0.146 e. The SMILES string of the molecule is CC1CCCN(c2ccc([C@H](C)N)cc2F)CC1. The van der Waals surface area contributed by atoms with Gasteiger partial charge < -0.3 is 10.6 Å². The lowest BCUT2D eigenvalue weighted by atomic mass is 10.0. The van der Waals surface area contributed by atoms with Gasteiger partial charge in [-0.05, 0) is 49.8 Å². The number of rotatable bonds is 2. The number of halogens is 1. The number of nitrogens with two attached hydrogens (primary N) is 1. The van der Waals surface area contributed by atoms with E-state index in [1.54, 1.807) is 6.07 Å². The molecular weight excluding hydrogens is 227 g/mol. The van der Waals surface area contributed by atoms with E-state index in [0.29, 0.717) is 0 Å². The third-order valence-electron chi connectivity index (χ3n) is 3.85. The molecule has 3 heteroatoms. The van der Waals surface area contributed by atoms with Crippen LogP contribution in [0.3, 0.4) is 0 Å². The molecule has 2 nitrogen and oxygen atoms in total. The fraction of sp³-hybridized carbons (Fsp3) is 0.600. The summed E-state index contributed by atoms with van der Waals surface area (Å²) in [5.41, 5.74) is 7.36. The molecule has 0 amide bonds. The molecule has 2 atom stereocenters. The molecule has 1 fully saturated rings. The van der Waals surface area contributed by atoms with Gasteiger partial charge in [-0.2, -0.15) is 0 Å². The number of nitrogens with zero attached hydrogens (tertiary/aromatic N) is 1. The van der Waals surface area contributed by atoms with Gasteiger partial charge in [0, 0.05) is 19.1 Å². The molecular formula is C15H23FN2. The maximum absolute atomic E-state index is 14.1. The van der Waals surface area contributed by atoms with Crippen molar-refractivity contribution in [3.8, 4) is 0 Å². The minimum absolute atomic E-state index is 0.113. The van der Waals surface area contributed by atoms with Crippen LogP contribution in [0.25, 0.3) is 0 Å². The second kappa shape index (κ2) is 5.70. The summed E-state index contributed by atoms with van der Waals surface area (Å²) in [5.74, 6) is 0.612. The van der Waals surface area contributed by atoms with E-state index in [0.717, 1.165) is 43.1 Å². The van der Waals surface area contributed by atoms with E-state index in [2.05, 4.69) is 11.8 Å². The van der Waals surface area contributed by atoms with Gasteiger partial charge >= 0.3 is 0 Å². The van der Waals surface area contributed by atoms with Crippen LogP contribution in [0, 0.1) is 11.7 Å². The van der Waals surface area contributed by atoms with Crippen LogP contribution < -0.4 is 10.6 Å². The first-order valence-corrected chi connectivity index (χ1v) is 6.88. The molecule has 1 aliphatic heterocycles. The molecule has 2 rings (SSSR count). The number of hydrogen-bond acceptors (Lipinski definition) is 2. The lowest BCUT2D eigenvalue weighted by Gasteiger charge is -2.24. The first-order chi connectivity index (χ1) is 8.58. The predicted molar refractivity (Wildman–Crippen MR) is 74.2 cm³/mol. The molecule has 0 bridgehead atoms. The summed E-state index contributed by atoms with van der Waals surface area (Å²) in [5, 5.41) is 0. The molecule has 0 saturated carbocycles. The van der Waals surface area contributed by atoms with Crippen molar-refractivity contribution in [1.29, 1.82) is 0 Å². The summed E-state index contributed by atoms with van der Waals surface area (Å²) in [6.07, 6.45) is 3.54. The second-order valence-corrected chi connectivity index (χ2v) is 5.52. The van der Waals surface area contributed by atoms with Crippen molar-refractivity contribution < 1.29 is 4.39 Å². The summed E-state index contributed by atoms with van der Waals surface area (Å²) >= 11 is 0. The highest BCUT2D eigenvalue weighted by Gasteiger charge is 2.17. The van der Waals surface area contributed by atoms with E-state index in [1.165, 1.54) is 6.42 Å². The Hall–Kier alpha value is -1.09. The fourth-order valence-electron chi connectivity index (χ4n) is 2.57. The highest BCUT2D eigenvalue weighted by Crippen LogP contribution is 2.26. The van der Waals surface area contributed by atoms with E-state index in [-0.39, 0.29) is 11.9 Å². The Morgan fingerprint density at radius 1 is 1.33 bits per heavy atom. The van der Waals surface area contributed by atoms with Crippen molar-refractivity contribution in [2.45, 2.75) is 39.2 Å². The average Bonchev–Trinajstić information content (AvgIpc) is 2.54. The van der Waals surface area contributed by atoms with Crippen molar-refractivity contribution >= 4 is 5.69 Å². The normalized spacial score (nSPS) is 22.7. The number of hydrogen-bond donors (Lipinski definition) is 1. The van der Waals surface area contributed by atoms with E-state index in [4.69, 9.17) is 5.73 Å². The molecule has 1 aliphatic rings. The monoisotopic (exact) mass is 250 g/mol. The van der Waals surface area contributed by atoms with Crippen LogP contribution >= 0.6 is 0 Å². The molecule has 18 heavy (non-hydrogen) atoms. The van der Waals surface area contributed by atoms with Crippen LogP contribution in [-0.2, 0) is 0 Å². The topological polar surface area (TPSA) is 29.3 Å². The first-order valence-electron chi connectivity index (χ1n) is 6.88. The van der Waals surface area contributed by atoms with Crippen molar-refractivity contribution in [3.05, 3.63) is 29.6 Å². The van der Waals surface area contributed by atoms with Gasteiger partial charge in [-0.3, -0.25) is 0 Å². The van der Waals surface area contributed by atoms with Crippen molar-refractivity contribution in [2.75, 3.05) is 18.0 Å². The minimum atomic E-state index is -0.139. The maximum Gasteiger partial charge on any atom is 0.146 e. The third-order valence-corrected chi connectivity index (χ3v) is 3.85. The molecule has 0 aliphatic carbocycles. The van der Waals surface area contributed by atoms with Crippen molar-refractivity contribution in [2.24, 2.45) is 11.7 Å². The quantitative estimate of drug-likeness (QED) is 0.870. The molecule has 0 radical (unpaired) electrons. The number of benzene rings is 1. The van der Waals surface area contributed by atoms with Crippen LogP contribution in [0.1, 0.15) is 44.7 Å². The van der Waals surface area contributed by atoms with Gasteiger partial charge in [0.25, 0.3) is 0 Å². The Morgan fingerprint density at radius 3 is 2.78 bits per heavy atom. The van der Waals surface area contributed by atoms with Crippen LogP contribution in [0.5, 0.6) is 0 Å². The van der Waals surface area contributed by atoms with Gasteiger partial charge in [-0.1, -0.05) is 13.0 Å². The largest absolute Gasteiger partial charge is 0.369 e. The van der Waals surface area contributed by atoms with Crippen molar-refractivity contribution in [3.63, 3.8) is 0 Å². The molecule has 1 saturated heterocycles. The predicted octanol–water partition coefficient (Wildman–Crippen LogP) is 3.47. The number of anilines is 1. The first kappa shape index (κ1) is 13.3. The molecule has 1 aromatic carbocycles. The van der Waals surface area contributed by atoms with Gasteiger partial charge in [-0.25, -0.2) is 4.39 Å². The van der Waals surface area contributed by atoms with Gasteiger partial charge in [0.2, 0.25) is 0 Å². The van der Waals surface area contributed by atoms with Crippen molar-refractivity contribution in [1.82, 2.24) is 0 Å². The summed E-state index contributed by atoms with van der Waals surface area (Å²) in [4.78, 5) is 2.17. The summed E-state index contributed by atoms with van der Waals surface area (Å²) in [6.45, 7) is 6.06. The zero-order valence-electron chi connectivity index (χ0n) is 11.3. The Kier molecular flexibility index (Phi) is 4.23. The zero-order valence-corrected chi connectivity index (χ0v) is 11.3. The molecule has 1 unspecified atom stereocenters. The summed E-state index contributed by atoms with van der Waals surface area (Å²) < 4.78 is 14.1. The van der Waals surface area contributed by atoms with Crippen LogP contribution in [0.4, 0.5) is 10.1 Å². The average molecular weight is 250 g/mol. The Bertz CT molecular complexity index is 403.